The topological polar surface area (TPSA) is 212 Å². The first kappa shape index (κ1) is 53.4. The number of ether oxygens (including phenoxy) is 6. The van der Waals surface area contributed by atoms with Crippen molar-refractivity contribution >= 4 is 23.7 Å². The molecule has 2 saturated heterocycles. The molecule has 17 nitrogen and oxygen atoms in total. The number of aromatic nitrogens is 4. The number of hydrogen-bond donors (Lipinski definition) is 3. The fourth-order valence-electron chi connectivity index (χ4n) is 10.1. The van der Waals surface area contributed by atoms with Gasteiger partial charge in [-0.15, -0.1) is 0 Å². The first-order chi connectivity index (χ1) is 31.6. The number of cyclic esters (lactones) is 1. The highest BCUT2D eigenvalue weighted by molar-refractivity contribution is 5.84. The van der Waals surface area contributed by atoms with Crippen LogP contribution >= 0.6 is 0 Å². The Bertz CT molecular complexity index is 2090. The Morgan fingerprint density at radius 3 is 2.37 bits per heavy atom. The van der Waals surface area contributed by atoms with Gasteiger partial charge in [-0.25, -0.2) is 19.3 Å². The zero-order chi connectivity index (χ0) is 49.4. The second-order valence-electron chi connectivity index (χ2n) is 19.2. The number of aliphatic hydroxyl groups is 1. The van der Waals surface area contributed by atoms with Crippen molar-refractivity contribution in [3.63, 3.8) is 0 Å². The fourth-order valence-corrected chi connectivity index (χ4v) is 10.1. The summed E-state index contributed by atoms with van der Waals surface area (Å²) in [5.41, 5.74) is 4.26. The van der Waals surface area contributed by atoms with Gasteiger partial charge < -0.3 is 54.0 Å². The van der Waals surface area contributed by atoms with Gasteiger partial charge in [0, 0.05) is 68.5 Å². The third-order valence-corrected chi connectivity index (χ3v) is 13.8. The molecule has 0 spiro atoms. The lowest BCUT2D eigenvalue weighted by molar-refractivity contribution is -0.300. The van der Waals surface area contributed by atoms with Crippen LogP contribution in [-0.2, 0) is 44.6 Å². The van der Waals surface area contributed by atoms with Crippen molar-refractivity contribution in [2.45, 2.75) is 161 Å². The molecule has 0 saturated carbocycles. The maximum atomic E-state index is 15.5. The first-order valence-corrected chi connectivity index (χ1v) is 23.5. The van der Waals surface area contributed by atoms with E-state index in [4.69, 9.17) is 34.2 Å². The number of hydrogen-bond acceptors (Lipinski definition) is 16. The molecule has 2 fully saturated rings. The number of halogens is 1. The first-order valence-electron chi connectivity index (χ1n) is 23.5. The number of ketones is 1. The van der Waals surface area contributed by atoms with Gasteiger partial charge in [-0.1, -0.05) is 39.8 Å². The number of nitrogens with zero attached hydrogens (tertiary/aromatic N) is 5. The number of nitrogen functional groups attached to an aromatic ring is 1. The molecule has 3 aromatic rings. The molecule has 67 heavy (non-hydrogen) atoms. The molecule has 372 valence electrons. The lowest BCUT2D eigenvalue weighted by atomic mass is 9.73. The van der Waals surface area contributed by atoms with E-state index in [9.17, 15) is 14.7 Å². The molecule has 0 aliphatic carbocycles. The maximum Gasteiger partial charge on any atom is 0.312 e. The molecule has 4 N–H and O–H groups in total. The third-order valence-electron chi connectivity index (χ3n) is 13.8. The van der Waals surface area contributed by atoms with Crippen LogP contribution in [0.15, 0.2) is 49.2 Å². The average Bonchev–Trinajstić information content (AvgIpc) is 3.76. The highest BCUT2D eigenvalue weighted by atomic mass is 19.1. The molecule has 1 aromatic carbocycles. The van der Waals surface area contributed by atoms with Gasteiger partial charge in [-0.2, -0.15) is 0 Å². The molecule has 18 heteroatoms. The van der Waals surface area contributed by atoms with E-state index in [1.807, 2.05) is 57.5 Å². The number of methoxy groups -OCH3 is 1. The van der Waals surface area contributed by atoms with Gasteiger partial charge in [0.25, 0.3) is 0 Å². The summed E-state index contributed by atoms with van der Waals surface area (Å²) in [7, 11) is 5.27. The number of nitrogens with two attached hydrogens (primary N) is 1. The van der Waals surface area contributed by atoms with E-state index >= 15 is 9.18 Å². The van der Waals surface area contributed by atoms with Crippen LogP contribution in [0.25, 0.3) is 11.3 Å². The Balaban J connectivity index is 1.53. The second-order valence-corrected chi connectivity index (χ2v) is 19.2. The Hall–Kier alpha value is -4.59. The second kappa shape index (κ2) is 23.1. The summed E-state index contributed by atoms with van der Waals surface area (Å²) in [5.74, 6) is -5.39. The van der Waals surface area contributed by atoms with Crippen molar-refractivity contribution in [2.75, 3.05) is 33.5 Å². The monoisotopic (exact) mass is 940 g/mol. The lowest BCUT2D eigenvalue weighted by Crippen LogP contribution is -2.64. The number of para-hydroxylation sites is 1. The number of likely N-dealkylation sites (N-methyl/N-ethyl adjacent to an activating group) is 1. The van der Waals surface area contributed by atoms with Crippen molar-refractivity contribution in [3.05, 3.63) is 55.0 Å². The van der Waals surface area contributed by atoms with Crippen LogP contribution < -0.4 is 15.8 Å². The molecule has 0 bridgehead atoms. The standard InChI is InChI=1S/C49H74FN7O10/c1-13-39-49(9,67-33(7)58)43(52-20-16-17-21-57-26-36(55-27-57)34-24-53-47(51)54-25-34)30(4)40(59)28(2)23-48(8,62-12)44(66-46-41(60)37(56(10)11)22-29(3)63-46)31(5)42(32(6)45(61)65-39)64-38-19-15-14-18-35(38)50/h14-15,18-19,24-32,37,39,41-44,46,52,60H,13,16-17,20-23H2,1-12H3,(H2,51,53,54)/t28-,29-,30+,31+,32-,37+,39-,41-,42?,43?,44?,46?,48-,49-/m1/s1. The van der Waals surface area contributed by atoms with E-state index < -0.39 is 89.4 Å². The largest absolute Gasteiger partial charge is 0.486 e. The molecule has 0 radical (unpaired) electrons. The molecule has 0 amide bonds. The average molecular weight is 940 g/mol. The van der Waals surface area contributed by atoms with Gasteiger partial charge in [-0.3, -0.25) is 14.4 Å². The minimum Gasteiger partial charge on any atom is -0.486 e. The molecule has 14 atom stereocenters. The fraction of sp³-hybridized carbons (Fsp3) is 0.673. The van der Waals surface area contributed by atoms with Gasteiger partial charge >= 0.3 is 11.9 Å². The number of nitrogens with one attached hydrogen (secondary N) is 1. The van der Waals surface area contributed by atoms with Crippen LogP contribution in [0.1, 0.15) is 94.4 Å². The van der Waals surface area contributed by atoms with E-state index in [0.29, 0.717) is 31.6 Å². The molecule has 2 aromatic heterocycles. The number of benzene rings is 1. The molecule has 2 aliphatic heterocycles. The van der Waals surface area contributed by atoms with Gasteiger partial charge in [0.1, 0.15) is 24.1 Å². The van der Waals surface area contributed by atoms with E-state index in [2.05, 4.69) is 20.3 Å². The Kier molecular flexibility index (Phi) is 18.4. The number of rotatable bonds is 15. The lowest BCUT2D eigenvalue weighted by Gasteiger charge is -2.49. The van der Waals surface area contributed by atoms with Crippen molar-refractivity contribution in [1.82, 2.24) is 29.7 Å². The predicted octanol–water partition coefficient (Wildman–Crippen LogP) is 5.62. The summed E-state index contributed by atoms with van der Waals surface area (Å²) in [5, 5.41) is 15.3. The van der Waals surface area contributed by atoms with Gasteiger partial charge in [0.15, 0.2) is 23.5 Å². The van der Waals surface area contributed by atoms with Crippen LogP contribution in [-0.4, -0.2) is 135 Å². The Morgan fingerprint density at radius 1 is 1.06 bits per heavy atom. The predicted molar refractivity (Wildman–Crippen MR) is 249 cm³/mol. The van der Waals surface area contributed by atoms with Crippen LogP contribution in [0.3, 0.4) is 0 Å². The molecular formula is C49H74FN7O10. The van der Waals surface area contributed by atoms with Crippen molar-refractivity contribution in [2.24, 2.45) is 23.7 Å². The van der Waals surface area contributed by atoms with Crippen LogP contribution in [0, 0.1) is 29.5 Å². The van der Waals surface area contributed by atoms with Gasteiger partial charge in [-0.05, 0) is 92.6 Å². The summed E-state index contributed by atoms with van der Waals surface area (Å²) in [6, 6.07) is 4.75. The normalized spacial score (nSPS) is 33.5. The zero-order valence-corrected chi connectivity index (χ0v) is 41.3. The molecule has 4 unspecified atom stereocenters. The number of esters is 2. The Labute approximate surface area is 395 Å². The highest BCUT2D eigenvalue weighted by Crippen LogP contribution is 2.41. The van der Waals surface area contributed by atoms with Gasteiger partial charge in [0.2, 0.25) is 5.95 Å². The summed E-state index contributed by atoms with van der Waals surface area (Å²) in [4.78, 5) is 57.4. The minimum atomic E-state index is -1.55. The maximum absolute atomic E-state index is 15.5. The molecular weight excluding hydrogens is 866 g/mol. The number of unbranched alkanes of at least 4 members (excludes halogenated alkanes) is 1. The molecule has 4 heterocycles. The number of carbonyl (C=O) groups is 3. The number of imidazole rings is 1. The van der Waals surface area contributed by atoms with Crippen molar-refractivity contribution in [3.8, 4) is 17.0 Å². The van der Waals surface area contributed by atoms with Gasteiger partial charge in [0.05, 0.1) is 41.8 Å². The number of aryl methyl sites for hydroxylation is 1. The quantitative estimate of drug-likeness (QED) is 0.125. The van der Waals surface area contributed by atoms with Crippen molar-refractivity contribution in [1.29, 1.82) is 0 Å². The number of anilines is 1. The molecule has 5 rings (SSSR count). The van der Waals surface area contributed by atoms with E-state index in [0.717, 1.165) is 12.0 Å². The smallest absolute Gasteiger partial charge is 0.312 e. The number of aliphatic hydroxyl groups excluding tert-OH is 1. The molecule has 2 aliphatic rings. The summed E-state index contributed by atoms with van der Waals surface area (Å²) in [6.45, 7) is 16.6. The Morgan fingerprint density at radius 2 is 1.75 bits per heavy atom. The zero-order valence-electron chi connectivity index (χ0n) is 41.3. The van der Waals surface area contributed by atoms with Crippen LogP contribution in [0.2, 0.25) is 0 Å². The minimum absolute atomic E-state index is 0.100. The van der Waals surface area contributed by atoms with E-state index in [1.54, 1.807) is 52.5 Å². The number of Topliss-reactive ketones (excluding diaryl/α,β-unsaturated/α-hetero) is 1. The van der Waals surface area contributed by atoms with Crippen molar-refractivity contribution < 1.29 is 52.3 Å². The third kappa shape index (κ3) is 12.7. The van der Waals surface area contributed by atoms with Crippen LogP contribution in [0.5, 0.6) is 5.75 Å². The summed E-state index contributed by atoms with van der Waals surface area (Å²) in [6.07, 6.45) is 3.43. The van der Waals surface area contributed by atoms with Crippen LogP contribution in [0.4, 0.5) is 10.3 Å². The van der Waals surface area contributed by atoms with E-state index in [-0.39, 0.29) is 42.5 Å². The SMILES string of the molecule is CC[C@H]1OC(=O)[C@H](C)C(Oc2ccccc2F)[C@H](C)C(OC2O[C@H](C)C[C@H](N(C)C)[C@H]2O)[C@](C)(OC)C[C@@H](C)C(=O)[C@H](C)C(NCCCCn2cnc(-c3cnc(N)nc3)c2)[C@]1(C)OC(C)=O. The highest BCUT2D eigenvalue weighted by Gasteiger charge is 2.54. The summed E-state index contributed by atoms with van der Waals surface area (Å²) >= 11 is 0. The van der Waals surface area contributed by atoms with E-state index in [1.165, 1.54) is 32.2 Å². The summed E-state index contributed by atoms with van der Waals surface area (Å²) < 4.78 is 56.2. The number of carbonyl (C=O) groups excluding carboxylic acids is 3.